The number of hydrogen-bond acceptors (Lipinski definition) is 6. The van der Waals surface area contributed by atoms with Crippen LogP contribution in [0.2, 0.25) is 0 Å². The molecule has 3 rings (SSSR count). The number of carbonyl (C=O) groups is 1. The highest BCUT2D eigenvalue weighted by molar-refractivity contribution is 7.99. The molecule has 0 fully saturated rings. The SMILES string of the molecule is CCCOc1ccccc1/C=N\NC(=O)CSc1nnc(C)n1-c1ccccc1. The third-order valence-electron chi connectivity index (χ3n) is 3.92. The molecule has 0 radical (unpaired) electrons. The molecule has 0 aliphatic rings. The number of hydrogen-bond donors (Lipinski definition) is 1. The lowest BCUT2D eigenvalue weighted by Crippen LogP contribution is -2.20. The Kier molecular flexibility index (Phi) is 7.40. The fraction of sp³-hybridized carbons (Fsp3) is 0.238. The van der Waals surface area contributed by atoms with Gasteiger partial charge in [-0.05, 0) is 37.6 Å². The Morgan fingerprint density at radius 2 is 1.93 bits per heavy atom. The van der Waals surface area contributed by atoms with E-state index >= 15 is 0 Å². The number of benzene rings is 2. The summed E-state index contributed by atoms with van der Waals surface area (Å²) in [5.41, 5.74) is 4.32. The lowest BCUT2D eigenvalue weighted by atomic mass is 10.2. The van der Waals surface area contributed by atoms with Gasteiger partial charge in [0.1, 0.15) is 11.6 Å². The van der Waals surface area contributed by atoms with Crippen molar-refractivity contribution in [2.75, 3.05) is 12.4 Å². The van der Waals surface area contributed by atoms with Crippen molar-refractivity contribution in [2.45, 2.75) is 25.4 Å². The highest BCUT2D eigenvalue weighted by Crippen LogP contribution is 2.21. The molecule has 0 saturated heterocycles. The standard InChI is InChI=1S/C21H23N5O2S/c1-3-13-28-19-12-8-7-9-17(19)14-22-24-20(27)15-29-21-25-23-16(2)26(21)18-10-5-4-6-11-18/h4-12,14H,3,13,15H2,1-2H3,(H,24,27)/b22-14-. The number of aromatic nitrogens is 3. The number of ether oxygens (including phenoxy) is 1. The highest BCUT2D eigenvalue weighted by Gasteiger charge is 2.13. The van der Waals surface area contributed by atoms with Gasteiger partial charge >= 0.3 is 0 Å². The number of nitrogens with zero attached hydrogens (tertiary/aromatic N) is 4. The van der Waals surface area contributed by atoms with Crippen LogP contribution in [0, 0.1) is 6.92 Å². The molecule has 3 aromatic rings. The second kappa shape index (κ2) is 10.4. The summed E-state index contributed by atoms with van der Waals surface area (Å²) in [6.07, 6.45) is 2.51. The van der Waals surface area contributed by atoms with E-state index < -0.39 is 0 Å². The van der Waals surface area contributed by atoms with E-state index in [9.17, 15) is 4.79 Å². The van der Waals surface area contributed by atoms with Gasteiger partial charge < -0.3 is 4.74 Å². The van der Waals surface area contributed by atoms with Gasteiger partial charge in [-0.15, -0.1) is 10.2 Å². The Hall–Kier alpha value is -3.13. The summed E-state index contributed by atoms with van der Waals surface area (Å²) in [5, 5.41) is 13.0. The molecule has 0 aliphatic carbocycles. The van der Waals surface area contributed by atoms with E-state index in [2.05, 4.69) is 27.6 Å². The van der Waals surface area contributed by atoms with Crippen LogP contribution in [0.15, 0.2) is 64.9 Å². The van der Waals surface area contributed by atoms with Crippen LogP contribution in [0.5, 0.6) is 5.75 Å². The van der Waals surface area contributed by atoms with E-state index in [1.54, 1.807) is 6.21 Å². The Balaban J connectivity index is 1.57. The molecule has 0 atom stereocenters. The van der Waals surface area contributed by atoms with Crippen LogP contribution < -0.4 is 10.2 Å². The molecule has 1 N–H and O–H groups in total. The average molecular weight is 410 g/mol. The topological polar surface area (TPSA) is 81.4 Å². The lowest BCUT2D eigenvalue weighted by molar-refractivity contribution is -0.118. The van der Waals surface area contributed by atoms with Gasteiger partial charge in [0.2, 0.25) is 0 Å². The van der Waals surface area contributed by atoms with Gasteiger partial charge in [0.05, 0.1) is 18.6 Å². The molecular weight excluding hydrogens is 386 g/mol. The third-order valence-corrected chi connectivity index (χ3v) is 4.84. The van der Waals surface area contributed by atoms with Crippen molar-refractivity contribution in [3.05, 3.63) is 66.0 Å². The molecule has 0 spiro atoms. The average Bonchev–Trinajstić information content (AvgIpc) is 3.12. The Morgan fingerprint density at radius 1 is 1.17 bits per heavy atom. The number of carbonyl (C=O) groups excluding carboxylic acids is 1. The van der Waals surface area contributed by atoms with E-state index in [1.165, 1.54) is 11.8 Å². The second-order valence-electron chi connectivity index (χ2n) is 6.17. The van der Waals surface area contributed by atoms with Crippen LogP contribution in [0.1, 0.15) is 24.7 Å². The van der Waals surface area contributed by atoms with E-state index in [4.69, 9.17) is 4.74 Å². The summed E-state index contributed by atoms with van der Waals surface area (Å²) in [5.74, 6) is 1.46. The van der Waals surface area contributed by atoms with Crippen LogP contribution in [0.4, 0.5) is 0 Å². The van der Waals surface area contributed by atoms with Crippen LogP contribution in [-0.2, 0) is 4.79 Å². The van der Waals surface area contributed by atoms with E-state index in [-0.39, 0.29) is 11.7 Å². The normalized spacial score (nSPS) is 11.0. The van der Waals surface area contributed by atoms with Gasteiger partial charge in [-0.1, -0.05) is 49.0 Å². The summed E-state index contributed by atoms with van der Waals surface area (Å²) >= 11 is 1.31. The van der Waals surface area contributed by atoms with Gasteiger partial charge in [0, 0.05) is 11.3 Å². The monoisotopic (exact) mass is 409 g/mol. The second-order valence-corrected chi connectivity index (χ2v) is 7.11. The first kappa shape index (κ1) is 20.6. The van der Waals surface area contributed by atoms with E-state index in [1.807, 2.05) is 66.1 Å². The highest BCUT2D eigenvalue weighted by atomic mass is 32.2. The molecule has 1 aromatic heterocycles. The van der Waals surface area contributed by atoms with E-state index in [0.717, 1.165) is 29.2 Å². The first-order valence-electron chi connectivity index (χ1n) is 9.33. The number of para-hydroxylation sites is 2. The van der Waals surface area contributed by atoms with Crippen molar-refractivity contribution in [3.8, 4) is 11.4 Å². The van der Waals surface area contributed by atoms with Gasteiger partial charge in [0.25, 0.3) is 5.91 Å². The summed E-state index contributed by atoms with van der Waals surface area (Å²) in [7, 11) is 0. The Bertz CT molecular complexity index is 972. The van der Waals surface area contributed by atoms with Gasteiger partial charge in [-0.3, -0.25) is 9.36 Å². The molecule has 0 unspecified atom stereocenters. The lowest BCUT2D eigenvalue weighted by Gasteiger charge is -2.08. The van der Waals surface area contributed by atoms with Crippen LogP contribution in [-0.4, -0.2) is 39.2 Å². The summed E-state index contributed by atoms with van der Waals surface area (Å²) in [4.78, 5) is 12.2. The van der Waals surface area contributed by atoms with Crippen molar-refractivity contribution in [1.82, 2.24) is 20.2 Å². The molecule has 1 amide bonds. The van der Waals surface area contributed by atoms with E-state index in [0.29, 0.717) is 11.8 Å². The minimum Gasteiger partial charge on any atom is -0.493 e. The van der Waals surface area contributed by atoms with Gasteiger partial charge in [0.15, 0.2) is 5.16 Å². The number of thioether (sulfide) groups is 1. The quantitative estimate of drug-likeness (QED) is 0.332. The summed E-state index contributed by atoms with van der Waals surface area (Å²) in [6, 6.07) is 17.4. The minimum absolute atomic E-state index is 0.177. The zero-order chi connectivity index (χ0) is 20.5. The predicted molar refractivity (Wildman–Crippen MR) is 115 cm³/mol. The molecule has 1 heterocycles. The zero-order valence-electron chi connectivity index (χ0n) is 16.4. The Labute approximate surface area is 174 Å². The number of hydrazone groups is 1. The van der Waals surface area contributed by atoms with Crippen molar-refractivity contribution in [3.63, 3.8) is 0 Å². The fourth-order valence-electron chi connectivity index (χ4n) is 2.58. The Morgan fingerprint density at radius 3 is 2.72 bits per heavy atom. The zero-order valence-corrected chi connectivity index (χ0v) is 17.2. The molecule has 0 aliphatic heterocycles. The molecule has 29 heavy (non-hydrogen) atoms. The molecule has 150 valence electrons. The summed E-state index contributed by atoms with van der Waals surface area (Å²) in [6.45, 7) is 4.57. The first-order chi connectivity index (χ1) is 14.2. The number of nitrogens with one attached hydrogen (secondary N) is 1. The van der Waals surface area contributed by atoms with Gasteiger partial charge in [-0.25, -0.2) is 5.43 Å². The maximum atomic E-state index is 12.2. The maximum Gasteiger partial charge on any atom is 0.250 e. The molecular formula is C21H23N5O2S. The smallest absolute Gasteiger partial charge is 0.250 e. The molecule has 8 heteroatoms. The summed E-state index contributed by atoms with van der Waals surface area (Å²) < 4.78 is 7.60. The predicted octanol–water partition coefficient (Wildman–Crippen LogP) is 3.61. The molecule has 0 saturated carbocycles. The number of rotatable bonds is 9. The van der Waals surface area contributed by atoms with Crippen molar-refractivity contribution >= 4 is 23.9 Å². The number of amides is 1. The molecule has 7 nitrogen and oxygen atoms in total. The molecule has 0 bridgehead atoms. The fourth-order valence-corrected chi connectivity index (χ4v) is 3.37. The van der Waals surface area contributed by atoms with Crippen LogP contribution >= 0.6 is 11.8 Å². The van der Waals surface area contributed by atoms with Crippen LogP contribution in [0.25, 0.3) is 5.69 Å². The van der Waals surface area contributed by atoms with Crippen LogP contribution in [0.3, 0.4) is 0 Å². The minimum atomic E-state index is -0.224. The maximum absolute atomic E-state index is 12.2. The first-order valence-corrected chi connectivity index (χ1v) is 10.3. The van der Waals surface area contributed by atoms with Gasteiger partial charge in [-0.2, -0.15) is 5.10 Å². The third kappa shape index (κ3) is 5.68. The number of aryl methyl sites for hydroxylation is 1. The van der Waals surface area contributed by atoms with Crippen molar-refractivity contribution < 1.29 is 9.53 Å². The van der Waals surface area contributed by atoms with Crippen molar-refractivity contribution in [1.29, 1.82) is 0 Å². The molecule has 2 aromatic carbocycles. The van der Waals surface area contributed by atoms with Crippen molar-refractivity contribution in [2.24, 2.45) is 5.10 Å². The largest absolute Gasteiger partial charge is 0.493 e.